The Bertz CT molecular complexity index is 1310. The van der Waals surface area contributed by atoms with Crippen LogP contribution < -0.4 is 9.62 Å². The Balaban J connectivity index is 2.04. The minimum Gasteiger partial charge on any atom is -0.355 e. The quantitative estimate of drug-likeness (QED) is 0.449. The maximum Gasteiger partial charge on any atom is 0.264 e. The SMILES string of the molecule is CCNC(=O)[C@@H](C)N(Cc1ccccc1C)C(=O)CN(c1ccccc1C)S(=O)(=O)c1ccccc1. The lowest BCUT2D eigenvalue weighted by Crippen LogP contribution is -2.51. The molecule has 0 aliphatic carbocycles. The summed E-state index contributed by atoms with van der Waals surface area (Å²) in [5, 5.41) is 2.77. The predicted molar refractivity (Wildman–Crippen MR) is 142 cm³/mol. The molecule has 0 aliphatic heterocycles. The second-order valence-electron chi connectivity index (χ2n) is 8.63. The van der Waals surface area contributed by atoms with E-state index in [0.717, 1.165) is 15.4 Å². The van der Waals surface area contributed by atoms with Crippen molar-refractivity contribution in [1.29, 1.82) is 0 Å². The zero-order valence-corrected chi connectivity index (χ0v) is 22.0. The van der Waals surface area contributed by atoms with Crippen LogP contribution in [0.1, 0.15) is 30.5 Å². The zero-order valence-electron chi connectivity index (χ0n) is 21.1. The fourth-order valence-electron chi connectivity index (χ4n) is 3.95. The van der Waals surface area contributed by atoms with Gasteiger partial charge in [-0.25, -0.2) is 8.42 Å². The number of benzene rings is 3. The van der Waals surface area contributed by atoms with Gasteiger partial charge < -0.3 is 10.2 Å². The number of carbonyl (C=O) groups excluding carboxylic acids is 2. The van der Waals surface area contributed by atoms with Gasteiger partial charge in [-0.2, -0.15) is 0 Å². The summed E-state index contributed by atoms with van der Waals surface area (Å²) in [6.07, 6.45) is 0. The number of likely N-dealkylation sites (N-methyl/N-ethyl adjacent to an activating group) is 1. The van der Waals surface area contributed by atoms with Crippen LogP contribution in [0.25, 0.3) is 0 Å². The Hall–Kier alpha value is -3.65. The maximum atomic E-state index is 13.8. The molecule has 0 aliphatic rings. The van der Waals surface area contributed by atoms with Gasteiger partial charge in [0.1, 0.15) is 12.6 Å². The molecule has 2 amide bonds. The number of nitrogens with zero attached hydrogens (tertiary/aromatic N) is 2. The van der Waals surface area contributed by atoms with Crippen molar-refractivity contribution in [3.05, 3.63) is 95.6 Å². The smallest absolute Gasteiger partial charge is 0.264 e. The molecule has 0 heterocycles. The summed E-state index contributed by atoms with van der Waals surface area (Å²) in [6.45, 7) is 7.36. The van der Waals surface area contributed by atoms with Crippen molar-refractivity contribution in [1.82, 2.24) is 10.2 Å². The topological polar surface area (TPSA) is 86.8 Å². The number of amides is 2. The van der Waals surface area contributed by atoms with Crippen LogP contribution >= 0.6 is 0 Å². The first-order valence-corrected chi connectivity index (χ1v) is 13.4. The molecule has 0 aromatic heterocycles. The summed E-state index contributed by atoms with van der Waals surface area (Å²) in [4.78, 5) is 28.1. The molecule has 0 spiro atoms. The maximum absolute atomic E-state index is 13.8. The van der Waals surface area contributed by atoms with Gasteiger partial charge in [0.05, 0.1) is 10.6 Å². The second-order valence-corrected chi connectivity index (χ2v) is 10.5. The van der Waals surface area contributed by atoms with Crippen molar-refractivity contribution in [2.24, 2.45) is 0 Å². The zero-order chi connectivity index (χ0) is 26.3. The van der Waals surface area contributed by atoms with Crippen molar-refractivity contribution in [2.75, 3.05) is 17.4 Å². The van der Waals surface area contributed by atoms with Gasteiger partial charge in [0.2, 0.25) is 11.8 Å². The highest BCUT2D eigenvalue weighted by atomic mass is 32.2. The van der Waals surface area contributed by atoms with Gasteiger partial charge in [-0.1, -0.05) is 60.7 Å². The molecule has 0 saturated heterocycles. The summed E-state index contributed by atoms with van der Waals surface area (Å²) in [5.74, 6) is -0.771. The third-order valence-electron chi connectivity index (χ3n) is 6.11. The molecule has 0 radical (unpaired) electrons. The van der Waals surface area contributed by atoms with Crippen LogP contribution in [0.2, 0.25) is 0 Å². The van der Waals surface area contributed by atoms with E-state index in [9.17, 15) is 18.0 Å². The number of anilines is 1. The molecule has 0 bridgehead atoms. The molecule has 0 fully saturated rings. The van der Waals surface area contributed by atoms with Crippen molar-refractivity contribution >= 4 is 27.5 Å². The first kappa shape index (κ1) is 26.9. The standard InChI is InChI=1S/C28H33N3O4S/c1-5-29-28(33)23(4)30(19-24-15-11-9-13-21(24)2)27(32)20-31(26-18-12-10-14-22(26)3)36(34,35)25-16-7-6-8-17-25/h6-18,23H,5,19-20H2,1-4H3,(H,29,33)/t23-/m1/s1. The first-order valence-electron chi connectivity index (χ1n) is 11.9. The highest BCUT2D eigenvalue weighted by Crippen LogP contribution is 2.27. The van der Waals surface area contributed by atoms with Gasteiger partial charge in [0, 0.05) is 13.1 Å². The van der Waals surface area contributed by atoms with Crippen molar-refractivity contribution in [3.8, 4) is 0 Å². The van der Waals surface area contributed by atoms with E-state index in [1.807, 2.05) is 44.2 Å². The number of hydrogen-bond donors (Lipinski definition) is 1. The lowest BCUT2D eigenvalue weighted by molar-refractivity contribution is -0.139. The Kier molecular flexibility index (Phi) is 8.88. The fraction of sp³-hybridized carbons (Fsp3) is 0.286. The molecule has 190 valence electrons. The minimum atomic E-state index is -4.06. The minimum absolute atomic E-state index is 0.0864. The van der Waals surface area contributed by atoms with Crippen LogP contribution in [0, 0.1) is 13.8 Å². The molecule has 1 atom stereocenters. The Morgan fingerprint density at radius 1 is 0.861 bits per heavy atom. The van der Waals surface area contributed by atoms with Crippen LogP contribution in [-0.4, -0.2) is 44.3 Å². The Labute approximate surface area is 213 Å². The highest BCUT2D eigenvalue weighted by Gasteiger charge is 2.33. The summed E-state index contributed by atoms with van der Waals surface area (Å²) in [6, 6.07) is 21.9. The van der Waals surface area contributed by atoms with Crippen molar-refractivity contribution < 1.29 is 18.0 Å². The van der Waals surface area contributed by atoms with E-state index in [-0.39, 0.29) is 17.3 Å². The molecular formula is C28H33N3O4S. The van der Waals surface area contributed by atoms with E-state index in [0.29, 0.717) is 17.8 Å². The summed E-state index contributed by atoms with van der Waals surface area (Å²) >= 11 is 0. The second kappa shape index (κ2) is 11.9. The highest BCUT2D eigenvalue weighted by molar-refractivity contribution is 7.92. The number of hydrogen-bond acceptors (Lipinski definition) is 4. The number of nitrogens with one attached hydrogen (secondary N) is 1. The van der Waals surface area contributed by atoms with Gasteiger partial charge in [0.25, 0.3) is 10.0 Å². The molecule has 3 aromatic carbocycles. The largest absolute Gasteiger partial charge is 0.355 e. The summed E-state index contributed by atoms with van der Waals surface area (Å²) in [7, 11) is -4.06. The van der Waals surface area contributed by atoms with E-state index >= 15 is 0 Å². The monoisotopic (exact) mass is 507 g/mol. The van der Waals surface area contributed by atoms with Crippen LogP contribution in [-0.2, 0) is 26.2 Å². The van der Waals surface area contributed by atoms with E-state index in [4.69, 9.17) is 0 Å². The van der Waals surface area contributed by atoms with Gasteiger partial charge in [-0.3, -0.25) is 13.9 Å². The molecule has 3 aromatic rings. The van der Waals surface area contributed by atoms with Gasteiger partial charge in [0.15, 0.2) is 0 Å². The molecule has 0 saturated carbocycles. The Morgan fingerprint density at radius 2 is 1.44 bits per heavy atom. The van der Waals surface area contributed by atoms with E-state index in [1.165, 1.54) is 17.0 Å². The number of carbonyl (C=O) groups is 2. The number of sulfonamides is 1. The Morgan fingerprint density at radius 3 is 2.06 bits per heavy atom. The average molecular weight is 508 g/mol. The normalized spacial score (nSPS) is 12.0. The lowest BCUT2D eigenvalue weighted by atomic mass is 10.1. The van der Waals surface area contributed by atoms with Gasteiger partial charge in [-0.05, 0) is 62.6 Å². The third-order valence-corrected chi connectivity index (χ3v) is 7.89. The number of para-hydroxylation sites is 1. The third kappa shape index (κ3) is 6.12. The average Bonchev–Trinajstić information content (AvgIpc) is 2.87. The van der Waals surface area contributed by atoms with Crippen molar-refractivity contribution in [2.45, 2.75) is 45.2 Å². The van der Waals surface area contributed by atoms with E-state index in [1.54, 1.807) is 50.2 Å². The van der Waals surface area contributed by atoms with Crippen LogP contribution in [0.5, 0.6) is 0 Å². The molecule has 1 N–H and O–H groups in total. The number of rotatable bonds is 10. The molecular weight excluding hydrogens is 474 g/mol. The molecule has 0 unspecified atom stereocenters. The summed E-state index contributed by atoms with van der Waals surface area (Å²) in [5.41, 5.74) is 2.99. The first-order chi connectivity index (χ1) is 17.2. The van der Waals surface area contributed by atoms with E-state index < -0.39 is 28.5 Å². The van der Waals surface area contributed by atoms with Crippen LogP contribution in [0.15, 0.2) is 83.8 Å². The van der Waals surface area contributed by atoms with E-state index in [2.05, 4.69) is 5.32 Å². The van der Waals surface area contributed by atoms with Crippen LogP contribution in [0.3, 0.4) is 0 Å². The molecule has 7 nitrogen and oxygen atoms in total. The molecule has 8 heteroatoms. The number of aryl methyl sites for hydroxylation is 2. The van der Waals surface area contributed by atoms with Gasteiger partial charge in [-0.15, -0.1) is 0 Å². The van der Waals surface area contributed by atoms with Crippen LogP contribution in [0.4, 0.5) is 5.69 Å². The lowest BCUT2D eigenvalue weighted by Gasteiger charge is -2.32. The van der Waals surface area contributed by atoms with Crippen molar-refractivity contribution in [3.63, 3.8) is 0 Å². The van der Waals surface area contributed by atoms with Gasteiger partial charge >= 0.3 is 0 Å². The predicted octanol–water partition coefficient (Wildman–Crippen LogP) is 4.05. The molecule has 3 rings (SSSR count). The molecule has 36 heavy (non-hydrogen) atoms. The fourth-order valence-corrected chi connectivity index (χ4v) is 5.45. The summed E-state index contributed by atoms with van der Waals surface area (Å²) < 4.78 is 28.6.